The smallest absolute Gasteiger partial charge is 0.306 e. The Hall–Kier alpha value is -1.38. The molecule has 0 saturated carbocycles. The maximum atomic E-state index is 11.1. The molecule has 14 heavy (non-hydrogen) atoms. The number of rotatable bonds is 4. The highest BCUT2D eigenvalue weighted by molar-refractivity contribution is 5.69. The molecule has 3 heteroatoms. The molecule has 0 aliphatic carbocycles. The van der Waals surface area contributed by atoms with Crippen molar-refractivity contribution < 1.29 is 9.53 Å². The lowest BCUT2D eigenvalue weighted by molar-refractivity contribution is -0.143. The Balaban J connectivity index is 2.46. The van der Waals surface area contributed by atoms with E-state index in [2.05, 4.69) is 4.98 Å². The van der Waals surface area contributed by atoms with Crippen molar-refractivity contribution in [3.05, 3.63) is 29.6 Å². The van der Waals surface area contributed by atoms with Gasteiger partial charge in [-0.3, -0.25) is 9.78 Å². The van der Waals surface area contributed by atoms with E-state index >= 15 is 0 Å². The quantitative estimate of drug-likeness (QED) is 0.685. The molecule has 0 amide bonds. The van der Waals surface area contributed by atoms with Crippen LogP contribution in [0.4, 0.5) is 0 Å². The maximum Gasteiger partial charge on any atom is 0.306 e. The van der Waals surface area contributed by atoms with Gasteiger partial charge in [0.1, 0.15) is 0 Å². The third kappa shape index (κ3) is 3.17. The van der Waals surface area contributed by atoms with Crippen LogP contribution in [-0.2, 0) is 16.0 Å². The molecule has 0 fully saturated rings. The number of aryl methyl sites for hydroxylation is 2. The van der Waals surface area contributed by atoms with Crippen LogP contribution in [0.3, 0.4) is 0 Å². The van der Waals surface area contributed by atoms with E-state index in [1.807, 2.05) is 19.9 Å². The van der Waals surface area contributed by atoms with Gasteiger partial charge in [-0.15, -0.1) is 0 Å². The zero-order chi connectivity index (χ0) is 10.4. The molecule has 0 unspecified atom stereocenters. The Labute approximate surface area is 84.1 Å². The fraction of sp³-hybridized carbons (Fsp3) is 0.455. The largest absolute Gasteiger partial charge is 0.466 e. The van der Waals surface area contributed by atoms with Gasteiger partial charge in [-0.25, -0.2) is 0 Å². The molecule has 1 heterocycles. The summed E-state index contributed by atoms with van der Waals surface area (Å²) in [4.78, 5) is 15.1. The molecule has 0 bridgehead atoms. The summed E-state index contributed by atoms with van der Waals surface area (Å²) in [5, 5.41) is 0. The predicted molar refractivity (Wildman–Crippen MR) is 53.9 cm³/mol. The van der Waals surface area contributed by atoms with Crippen molar-refractivity contribution in [3.63, 3.8) is 0 Å². The van der Waals surface area contributed by atoms with Crippen molar-refractivity contribution in [2.45, 2.75) is 26.7 Å². The van der Waals surface area contributed by atoms with Crippen molar-refractivity contribution in [1.82, 2.24) is 4.98 Å². The lowest BCUT2D eigenvalue weighted by Gasteiger charge is -2.04. The Kier molecular flexibility index (Phi) is 4.11. The molecule has 1 aromatic heterocycles. The van der Waals surface area contributed by atoms with E-state index in [1.165, 1.54) is 5.56 Å². The topological polar surface area (TPSA) is 39.2 Å². The van der Waals surface area contributed by atoms with Crippen LogP contribution in [0.1, 0.15) is 24.5 Å². The summed E-state index contributed by atoms with van der Waals surface area (Å²) in [7, 11) is 0. The molecule has 0 N–H and O–H groups in total. The van der Waals surface area contributed by atoms with Crippen LogP contribution in [0.2, 0.25) is 0 Å². The van der Waals surface area contributed by atoms with E-state index in [-0.39, 0.29) is 5.97 Å². The van der Waals surface area contributed by atoms with Gasteiger partial charge in [0.05, 0.1) is 6.61 Å². The molecule has 0 aliphatic rings. The second-order valence-corrected chi connectivity index (χ2v) is 3.11. The Bertz CT molecular complexity index is 310. The average molecular weight is 193 g/mol. The molecule has 0 aromatic carbocycles. The number of ether oxygens (including phenoxy) is 1. The van der Waals surface area contributed by atoms with Gasteiger partial charge in [-0.1, -0.05) is 0 Å². The van der Waals surface area contributed by atoms with Crippen molar-refractivity contribution in [2.24, 2.45) is 0 Å². The van der Waals surface area contributed by atoms with Gasteiger partial charge in [-0.05, 0) is 37.5 Å². The summed E-state index contributed by atoms with van der Waals surface area (Å²) in [6, 6.07) is 1.94. The molecular formula is C11H15NO2. The monoisotopic (exact) mass is 193 g/mol. The summed E-state index contributed by atoms with van der Waals surface area (Å²) in [5.74, 6) is -0.143. The maximum absolute atomic E-state index is 11.1. The number of carbonyl (C=O) groups excluding carboxylic acids is 1. The highest BCUT2D eigenvalue weighted by Gasteiger charge is 2.04. The molecule has 1 rings (SSSR count). The molecule has 0 radical (unpaired) electrons. The van der Waals surface area contributed by atoms with Crippen LogP contribution in [-0.4, -0.2) is 17.6 Å². The first-order chi connectivity index (χ1) is 6.74. The average Bonchev–Trinajstić information content (AvgIpc) is 2.17. The Morgan fingerprint density at radius 2 is 2.36 bits per heavy atom. The van der Waals surface area contributed by atoms with E-state index < -0.39 is 0 Å². The van der Waals surface area contributed by atoms with Crippen LogP contribution in [0.25, 0.3) is 0 Å². The second kappa shape index (κ2) is 5.37. The van der Waals surface area contributed by atoms with Gasteiger partial charge < -0.3 is 4.74 Å². The normalized spacial score (nSPS) is 9.86. The van der Waals surface area contributed by atoms with E-state index in [0.717, 1.165) is 5.56 Å². The summed E-state index contributed by atoms with van der Waals surface area (Å²) in [5.41, 5.74) is 2.28. The third-order valence-electron chi connectivity index (χ3n) is 2.05. The third-order valence-corrected chi connectivity index (χ3v) is 2.05. The number of carbonyl (C=O) groups is 1. The van der Waals surface area contributed by atoms with Crippen LogP contribution >= 0.6 is 0 Å². The Morgan fingerprint density at radius 1 is 1.57 bits per heavy atom. The number of pyridine rings is 1. The minimum atomic E-state index is -0.143. The summed E-state index contributed by atoms with van der Waals surface area (Å²) >= 11 is 0. The standard InChI is InChI=1S/C11H15NO2/c1-3-14-11(13)5-4-10-8-12-7-6-9(10)2/h6-8H,3-5H2,1-2H3. The number of esters is 1. The van der Waals surface area contributed by atoms with Gasteiger partial charge >= 0.3 is 5.97 Å². The van der Waals surface area contributed by atoms with Crippen LogP contribution in [0.15, 0.2) is 18.5 Å². The van der Waals surface area contributed by atoms with Crippen molar-refractivity contribution >= 4 is 5.97 Å². The zero-order valence-corrected chi connectivity index (χ0v) is 8.62. The second-order valence-electron chi connectivity index (χ2n) is 3.11. The summed E-state index contributed by atoms with van der Waals surface area (Å²) in [6.45, 7) is 4.28. The van der Waals surface area contributed by atoms with E-state index in [0.29, 0.717) is 19.4 Å². The predicted octanol–water partition coefficient (Wildman–Crippen LogP) is 1.89. The molecule has 76 valence electrons. The SMILES string of the molecule is CCOC(=O)CCc1cnccc1C. The Morgan fingerprint density at radius 3 is 3.00 bits per heavy atom. The van der Waals surface area contributed by atoms with Gasteiger partial charge in [0.2, 0.25) is 0 Å². The molecule has 0 spiro atoms. The highest BCUT2D eigenvalue weighted by Crippen LogP contribution is 2.07. The van der Waals surface area contributed by atoms with Gasteiger partial charge in [0, 0.05) is 18.8 Å². The van der Waals surface area contributed by atoms with Gasteiger partial charge in [0.15, 0.2) is 0 Å². The van der Waals surface area contributed by atoms with Crippen LogP contribution < -0.4 is 0 Å². The number of hydrogen-bond donors (Lipinski definition) is 0. The van der Waals surface area contributed by atoms with E-state index in [9.17, 15) is 4.79 Å². The first-order valence-corrected chi connectivity index (χ1v) is 4.79. The minimum Gasteiger partial charge on any atom is -0.466 e. The molecule has 0 atom stereocenters. The van der Waals surface area contributed by atoms with E-state index in [1.54, 1.807) is 12.4 Å². The van der Waals surface area contributed by atoms with Crippen molar-refractivity contribution in [3.8, 4) is 0 Å². The zero-order valence-electron chi connectivity index (χ0n) is 8.62. The van der Waals surface area contributed by atoms with Gasteiger partial charge in [0.25, 0.3) is 0 Å². The lowest BCUT2D eigenvalue weighted by atomic mass is 10.1. The first kappa shape index (κ1) is 10.7. The van der Waals surface area contributed by atoms with Crippen molar-refractivity contribution in [2.75, 3.05) is 6.61 Å². The lowest BCUT2D eigenvalue weighted by Crippen LogP contribution is -2.05. The molecule has 0 saturated heterocycles. The fourth-order valence-electron chi connectivity index (χ4n) is 1.23. The van der Waals surface area contributed by atoms with Crippen molar-refractivity contribution in [1.29, 1.82) is 0 Å². The molecule has 1 aromatic rings. The first-order valence-electron chi connectivity index (χ1n) is 4.79. The molecular weight excluding hydrogens is 178 g/mol. The minimum absolute atomic E-state index is 0.143. The van der Waals surface area contributed by atoms with Gasteiger partial charge in [-0.2, -0.15) is 0 Å². The number of hydrogen-bond acceptors (Lipinski definition) is 3. The highest BCUT2D eigenvalue weighted by atomic mass is 16.5. The number of nitrogens with zero attached hydrogens (tertiary/aromatic N) is 1. The van der Waals surface area contributed by atoms with Crippen LogP contribution in [0, 0.1) is 6.92 Å². The summed E-state index contributed by atoms with van der Waals surface area (Å²) in [6.07, 6.45) is 4.69. The van der Waals surface area contributed by atoms with Crippen LogP contribution in [0.5, 0.6) is 0 Å². The molecule has 0 aliphatic heterocycles. The molecule has 3 nitrogen and oxygen atoms in total. The number of aromatic nitrogens is 1. The fourth-order valence-corrected chi connectivity index (χ4v) is 1.23. The van der Waals surface area contributed by atoms with E-state index in [4.69, 9.17) is 4.74 Å². The summed E-state index contributed by atoms with van der Waals surface area (Å²) < 4.78 is 4.84.